The van der Waals surface area contributed by atoms with Crippen LogP contribution >= 0.6 is 0 Å². The number of benzene rings is 1. The van der Waals surface area contributed by atoms with Crippen LogP contribution in [0.3, 0.4) is 0 Å². The molecule has 5 heteroatoms. The highest BCUT2D eigenvalue weighted by Gasteiger charge is 2.23. The number of unbranched alkanes of at least 4 members (excludes halogenated alkanes) is 1. The van der Waals surface area contributed by atoms with Gasteiger partial charge in [0.15, 0.2) is 0 Å². The monoisotopic (exact) mass is 380 g/mol. The molecule has 0 N–H and O–H groups in total. The molecule has 1 aliphatic heterocycles. The molecule has 0 aliphatic carbocycles. The summed E-state index contributed by atoms with van der Waals surface area (Å²) in [4.78, 5) is 23.8. The van der Waals surface area contributed by atoms with Crippen LogP contribution in [-0.4, -0.2) is 55.6 Å². The van der Waals surface area contributed by atoms with Crippen LogP contribution in [0.5, 0.6) is 0 Å². The Kier molecular flexibility index (Phi) is 6.55. The average Bonchev–Trinajstić information content (AvgIpc) is 2.73. The number of carbonyl (C=O) groups excluding carboxylic acids is 1. The molecule has 1 aliphatic rings. The van der Waals surface area contributed by atoms with E-state index in [0.29, 0.717) is 5.56 Å². The Labute approximate surface area is 169 Å². The van der Waals surface area contributed by atoms with Gasteiger partial charge >= 0.3 is 0 Å². The molecule has 0 radical (unpaired) electrons. The quantitative estimate of drug-likeness (QED) is 0.762. The molecular weight excluding hydrogens is 348 g/mol. The zero-order chi connectivity index (χ0) is 20.1. The Morgan fingerprint density at radius 3 is 2.50 bits per heavy atom. The van der Waals surface area contributed by atoms with Crippen LogP contribution in [0.2, 0.25) is 0 Å². The second-order valence-electron chi connectivity index (χ2n) is 7.68. The van der Waals surface area contributed by atoms with Gasteiger partial charge in [0, 0.05) is 51.7 Å². The Balaban J connectivity index is 1.60. The summed E-state index contributed by atoms with van der Waals surface area (Å²) in [5.74, 6) is 1.00. The molecule has 3 rings (SSSR count). The number of hydrogen-bond acceptors (Lipinski definition) is 4. The van der Waals surface area contributed by atoms with Crippen LogP contribution in [0.4, 0.5) is 11.5 Å². The highest BCUT2D eigenvalue weighted by Crippen LogP contribution is 2.24. The van der Waals surface area contributed by atoms with Gasteiger partial charge in [-0.3, -0.25) is 4.79 Å². The maximum absolute atomic E-state index is 12.9. The molecule has 5 nitrogen and oxygen atoms in total. The normalized spacial score (nSPS) is 14.3. The van der Waals surface area contributed by atoms with Crippen molar-refractivity contribution in [1.29, 1.82) is 0 Å². The molecule has 28 heavy (non-hydrogen) atoms. The van der Waals surface area contributed by atoms with Crippen molar-refractivity contribution in [2.24, 2.45) is 0 Å². The van der Waals surface area contributed by atoms with Gasteiger partial charge in [0.25, 0.3) is 5.91 Å². The van der Waals surface area contributed by atoms with Gasteiger partial charge in [-0.1, -0.05) is 25.5 Å². The van der Waals surface area contributed by atoms with E-state index in [4.69, 9.17) is 0 Å². The summed E-state index contributed by atoms with van der Waals surface area (Å²) in [6.07, 6.45) is 4.02. The van der Waals surface area contributed by atoms with Crippen molar-refractivity contribution >= 4 is 17.4 Å². The van der Waals surface area contributed by atoms with Gasteiger partial charge in [0.2, 0.25) is 0 Å². The predicted octanol–water partition coefficient (Wildman–Crippen LogP) is 3.90. The van der Waals surface area contributed by atoms with Crippen LogP contribution in [0.25, 0.3) is 0 Å². The third kappa shape index (κ3) is 4.46. The van der Waals surface area contributed by atoms with Crippen molar-refractivity contribution in [1.82, 2.24) is 9.88 Å². The Bertz CT molecular complexity index is 795. The minimum absolute atomic E-state index is 0.0795. The summed E-state index contributed by atoms with van der Waals surface area (Å²) < 4.78 is 0. The molecule has 0 bridgehead atoms. The van der Waals surface area contributed by atoms with E-state index < -0.39 is 0 Å². The van der Waals surface area contributed by atoms with E-state index in [0.717, 1.165) is 51.4 Å². The van der Waals surface area contributed by atoms with Crippen molar-refractivity contribution in [2.75, 3.05) is 49.6 Å². The van der Waals surface area contributed by atoms with Crippen molar-refractivity contribution in [3.63, 3.8) is 0 Å². The van der Waals surface area contributed by atoms with Gasteiger partial charge in [-0.15, -0.1) is 0 Å². The van der Waals surface area contributed by atoms with Crippen molar-refractivity contribution in [3.8, 4) is 0 Å². The number of aryl methyl sites for hydroxylation is 1. The van der Waals surface area contributed by atoms with Gasteiger partial charge in [-0.2, -0.15) is 0 Å². The first-order valence-corrected chi connectivity index (χ1v) is 10.3. The molecular formula is C23H32N4O. The Morgan fingerprint density at radius 2 is 1.86 bits per heavy atom. The molecule has 2 heterocycles. The van der Waals surface area contributed by atoms with Crippen LogP contribution in [0, 0.1) is 13.8 Å². The third-order valence-corrected chi connectivity index (χ3v) is 5.72. The molecule has 1 saturated heterocycles. The van der Waals surface area contributed by atoms with Gasteiger partial charge in [0.1, 0.15) is 5.82 Å². The molecule has 1 amide bonds. The molecule has 0 spiro atoms. The van der Waals surface area contributed by atoms with Crippen LogP contribution in [0.1, 0.15) is 41.3 Å². The number of carbonyl (C=O) groups is 1. The highest BCUT2D eigenvalue weighted by molar-refractivity contribution is 5.94. The number of hydrogen-bond donors (Lipinski definition) is 0. The fraction of sp³-hybridized carbons (Fsp3) is 0.478. The minimum atomic E-state index is 0.0795. The van der Waals surface area contributed by atoms with Gasteiger partial charge in [0.05, 0.1) is 5.56 Å². The molecule has 150 valence electrons. The zero-order valence-corrected chi connectivity index (χ0v) is 17.6. The number of amides is 1. The van der Waals surface area contributed by atoms with Crippen LogP contribution < -0.4 is 9.80 Å². The summed E-state index contributed by atoms with van der Waals surface area (Å²) in [7, 11) is 2.05. The first-order chi connectivity index (χ1) is 13.5. The molecule has 0 saturated carbocycles. The second kappa shape index (κ2) is 9.09. The number of piperazine rings is 1. The Hall–Kier alpha value is -2.56. The average molecular weight is 381 g/mol. The topological polar surface area (TPSA) is 39.7 Å². The van der Waals surface area contributed by atoms with Crippen LogP contribution in [-0.2, 0) is 0 Å². The summed E-state index contributed by atoms with van der Waals surface area (Å²) in [5, 5.41) is 0. The standard InChI is InChI=1S/C23H32N4O/c1-5-6-12-25(4)22-11-10-20(17-24-22)23(28)27-15-13-26(14-16-27)21-9-7-8-18(2)19(21)3/h7-11,17H,5-6,12-16H2,1-4H3. The largest absolute Gasteiger partial charge is 0.368 e. The van der Waals surface area contributed by atoms with Crippen molar-refractivity contribution in [3.05, 3.63) is 53.2 Å². The van der Waals surface area contributed by atoms with Crippen LogP contribution in [0.15, 0.2) is 36.5 Å². The first kappa shape index (κ1) is 20.2. The molecule has 2 aromatic rings. The van der Waals surface area contributed by atoms with E-state index in [-0.39, 0.29) is 5.91 Å². The lowest BCUT2D eigenvalue weighted by atomic mass is 10.1. The van der Waals surface area contributed by atoms with Crippen molar-refractivity contribution in [2.45, 2.75) is 33.6 Å². The van der Waals surface area contributed by atoms with E-state index in [9.17, 15) is 4.79 Å². The van der Waals surface area contributed by atoms with Crippen molar-refractivity contribution < 1.29 is 4.79 Å². The predicted molar refractivity (Wildman–Crippen MR) is 116 cm³/mol. The molecule has 1 aromatic carbocycles. The summed E-state index contributed by atoms with van der Waals surface area (Å²) in [6, 6.07) is 10.3. The number of anilines is 2. The lowest BCUT2D eigenvalue weighted by molar-refractivity contribution is 0.0746. The fourth-order valence-electron chi connectivity index (χ4n) is 3.66. The molecule has 1 fully saturated rings. The first-order valence-electron chi connectivity index (χ1n) is 10.3. The van der Waals surface area contributed by atoms with Gasteiger partial charge in [-0.25, -0.2) is 4.98 Å². The maximum atomic E-state index is 12.9. The summed E-state index contributed by atoms with van der Waals surface area (Å²) in [5.41, 5.74) is 4.60. The highest BCUT2D eigenvalue weighted by atomic mass is 16.2. The lowest BCUT2D eigenvalue weighted by Crippen LogP contribution is -2.49. The zero-order valence-electron chi connectivity index (χ0n) is 17.6. The molecule has 0 unspecified atom stereocenters. The minimum Gasteiger partial charge on any atom is -0.368 e. The lowest BCUT2D eigenvalue weighted by Gasteiger charge is -2.37. The second-order valence-corrected chi connectivity index (χ2v) is 7.68. The maximum Gasteiger partial charge on any atom is 0.255 e. The van der Waals surface area contributed by atoms with E-state index in [1.807, 2.05) is 24.1 Å². The third-order valence-electron chi connectivity index (χ3n) is 5.72. The molecule has 0 atom stereocenters. The van der Waals surface area contributed by atoms with E-state index in [1.54, 1.807) is 6.20 Å². The molecule has 1 aromatic heterocycles. The Morgan fingerprint density at radius 1 is 1.11 bits per heavy atom. The summed E-state index contributed by atoms with van der Waals surface area (Å²) in [6.45, 7) is 10.7. The smallest absolute Gasteiger partial charge is 0.255 e. The fourth-order valence-corrected chi connectivity index (χ4v) is 3.66. The van der Waals surface area contributed by atoms with Gasteiger partial charge < -0.3 is 14.7 Å². The van der Waals surface area contributed by atoms with E-state index in [2.05, 4.69) is 53.8 Å². The number of aromatic nitrogens is 1. The SMILES string of the molecule is CCCCN(C)c1ccc(C(=O)N2CCN(c3cccc(C)c3C)CC2)cn1. The summed E-state index contributed by atoms with van der Waals surface area (Å²) >= 11 is 0. The van der Waals surface area contributed by atoms with Gasteiger partial charge in [-0.05, 0) is 49.6 Å². The van der Waals surface area contributed by atoms with E-state index in [1.165, 1.54) is 16.8 Å². The number of rotatable bonds is 6. The number of pyridine rings is 1. The number of nitrogens with zero attached hydrogens (tertiary/aromatic N) is 4. The van der Waals surface area contributed by atoms with E-state index >= 15 is 0 Å².